The number of aromatic amines is 1. The first kappa shape index (κ1) is 28.2. The minimum absolute atomic E-state index is 0.0432. The molecule has 0 aliphatic heterocycles. The lowest BCUT2D eigenvalue weighted by molar-refractivity contribution is -0.127. The van der Waals surface area contributed by atoms with E-state index >= 15 is 0 Å². The van der Waals surface area contributed by atoms with Crippen LogP contribution >= 0.6 is 11.6 Å². The van der Waals surface area contributed by atoms with Crippen LogP contribution in [0.4, 0.5) is 10.7 Å². The van der Waals surface area contributed by atoms with Crippen LogP contribution in [0.5, 0.6) is 0 Å². The molecule has 5 rings (SSSR count). The summed E-state index contributed by atoms with van der Waals surface area (Å²) in [4.78, 5) is 39.0. The Morgan fingerprint density at radius 3 is 2.52 bits per heavy atom. The van der Waals surface area contributed by atoms with Gasteiger partial charge in [0.25, 0.3) is 0 Å². The second kappa shape index (κ2) is 11.6. The van der Waals surface area contributed by atoms with Crippen LogP contribution in [0.3, 0.4) is 0 Å². The van der Waals surface area contributed by atoms with E-state index in [2.05, 4.69) is 20.6 Å². The number of nitrogens with zero attached hydrogens (tertiary/aromatic N) is 3. The molecule has 1 aromatic carbocycles. The molecule has 2 aromatic heterocycles. The summed E-state index contributed by atoms with van der Waals surface area (Å²) in [7, 11) is 0. The van der Waals surface area contributed by atoms with Crippen molar-refractivity contribution in [3.63, 3.8) is 0 Å². The molecule has 0 saturated heterocycles. The number of carbonyl (C=O) groups is 2. The lowest BCUT2D eigenvalue weighted by atomic mass is 9.83. The number of amides is 2. The topological polar surface area (TPSA) is 123 Å². The van der Waals surface area contributed by atoms with Gasteiger partial charge in [0.15, 0.2) is 0 Å². The molecule has 3 aromatic rings. The van der Waals surface area contributed by atoms with E-state index in [4.69, 9.17) is 16.6 Å². The Bertz CT molecular complexity index is 1360. The van der Waals surface area contributed by atoms with Gasteiger partial charge in [0.1, 0.15) is 0 Å². The first-order chi connectivity index (χ1) is 19.1. The summed E-state index contributed by atoms with van der Waals surface area (Å²) in [6.07, 6.45) is 9.22. The van der Waals surface area contributed by atoms with E-state index in [0.29, 0.717) is 42.3 Å². The fourth-order valence-electron chi connectivity index (χ4n) is 6.43. The van der Waals surface area contributed by atoms with Crippen molar-refractivity contribution in [2.75, 3.05) is 5.32 Å². The second-order valence-electron chi connectivity index (χ2n) is 12.2. The molecule has 40 heavy (non-hydrogen) atoms. The fraction of sp³-hybridized carbons (Fsp3) is 0.533. The maximum Gasteiger partial charge on any atom is 0.407 e. The van der Waals surface area contributed by atoms with Gasteiger partial charge < -0.3 is 25.6 Å². The van der Waals surface area contributed by atoms with Crippen LogP contribution in [0.1, 0.15) is 72.1 Å². The summed E-state index contributed by atoms with van der Waals surface area (Å²) in [5.74, 6) is 0.548. The van der Waals surface area contributed by atoms with Gasteiger partial charge in [-0.2, -0.15) is 0 Å². The molecule has 0 radical (unpaired) electrons. The number of carboxylic acid groups (broad SMARTS) is 1. The second-order valence-corrected chi connectivity index (χ2v) is 12.6. The van der Waals surface area contributed by atoms with Crippen molar-refractivity contribution in [3.8, 4) is 11.3 Å². The first-order valence-electron chi connectivity index (χ1n) is 14.3. The van der Waals surface area contributed by atoms with Gasteiger partial charge in [0, 0.05) is 52.2 Å². The molecule has 2 heterocycles. The molecule has 0 spiro atoms. The zero-order valence-electron chi connectivity index (χ0n) is 23.4. The standard InChI is InChI=1S/C30H39ClN6O3/c1-30(2,3)37(29(39)40)21-13-11-18(12-14-21)27(38)34-19-7-6-8-20(15-19)35-28-33-17-24(31)26(36-28)23-16-32-25-10-5-4-9-22(23)25/h4-5,9-10,16-21,32H,6-8,11-15H2,1-3H3,(H,34,38)(H,39,40)(H,33,35,36)/t18?,19?,20-,21?/m1/s1. The van der Waals surface area contributed by atoms with Crippen LogP contribution in [-0.4, -0.2) is 60.6 Å². The number of H-pyrrole nitrogens is 1. The molecular weight excluding hydrogens is 528 g/mol. The number of fused-ring (bicyclic) bond motifs is 1. The van der Waals surface area contributed by atoms with Crippen molar-refractivity contribution in [2.45, 2.75) is 95.8 Å². The molecule has 4 N–H and O–H groups in total. The third-order valence-electron chi connectivity index (χ3n) is 8.30. The number of halogens is 1. The third-order valence-corrected chi connectivity index (χ3v) is 8.58. The highest BCUT2D eigenvalue weighted by Gasteiger charge is 2.37. The molecule has 2 atom stereocenters. The Morgan fingerprint density at radius 2 is 1.80 bits per heavy atom. The van der Waals surface area contributed by atoms with Crippen molar-refractivity contribution in [2.24, 2.45) is 5.92 Å². The minimum Gasteiger partial charge on any atom is -0.465 e. The van der Waals surface area contributed by atoms with Crippen molar-refractivity contribution in [3.05, 3.63) is 41.7 Å². The molecule has 1 unspecified atom stereocenters. The predicted molar refractivity (Wildman–Crippen MR) is 158 cm³/mol. The summed E-state index contributed by atoms with van der Waals surface area (Å²) in [6, 6.07) is 8.22. The number of hydrogen-bond donors (Lipinski definition) is 4. The Labute approximate surface area is 240 Å². The zero-order chi connectivity index (χ0) is 28.4. The number of benzene rings is 1. The smallest absolute Gasteiger partial charge is 0.407 e. The van der Waals surface area contributed by atoms with E-state index < -0.39 is 11.6 Å². The zero-order valence-corrected chi connectivity index (χ0v) is 24.2. The molecular formula is C30H39ClN6O3. The average Bonchev–Trinajstić information content (AvgIpc) is 3.33. The largest absolute Gasteiger partial charge is 0.465 e. The van der Waals surface area contributed by atoms with Gasteiger partial charge in [-0.25, -0.2) is 14.8 Å². The van der Waals surface area contributed by atoms with E-state index in [1.165, 1.54) is 0 Å². The molecule has 214 valence electrons. The van der Waals surface area contributed by atoms with Crippen molar-refractivity contribution >= 4 is 40.5 Å². The van der Waals surface area contributed by atoms with Gasteiger partial charge in [-0.1, -0.05) is 29.8 Å². The van der Waals surface area contributed by atoms with Gasteiger partial charge >= 0.3 is 6.09 Å². The molecule has 2 fully saturated rings. The molecule has 2 aliphatic carbocycles. The van der Waals surface area contributed by atoms with Crippen LogP contribution in [0, 0.1) is 5.92 Å². The van der Waals surface area contributed by atoms with Gasteiger partial charge in [-0.3, -0.25) is 4.79 Å². The Morgan fingerprint density at radius 1 is 1.07 bits per heavy atom. The highest BCUT2D eigenvalue weighted by atomic mass is 35.5. The van der Waals surface area contributed by atoms with Crippen LogP contribution in [0.2, 0.25) is 5.02 Å². The van der Waals surface area contributed by atoms with E-state index in [0.717, 1.165) is 42.1 Å². The normalized spacial score (nSPS) is 23.5. The van der Waals surface area contributed by atoms with E-state index in [1.54, 1.807) is 11.1 Å². The highest BCUT2D eigenvalue weighted by molar-refractivity contribution is 6.33. The monoisotopic (exact) mass is 566 g/mol. The number of hydrogen-bond acceptors (Lipinski definition) is 5. The number of anilines is 1. The van der Waals surface area contributed by atoms with Gasteiger partial charge in [0.05, 0.1) is 16.9 Å². The Balaban J connectivity index is 1.17. The molecule has 0 bridgehead atoms. The lowest BCUT2D eigenvalue weighted by Gasteiger charge is -2.42. The summed E-state index contributed by atoms with van der Waals surface area (Å²) in [5, 5.41) is 18.0. The Kier molecular flexibility index (Phi) is 8.21. The maximum atomic E-state index is 13.2. The van der Waals surface area contributed by atoms with Gasteiger partial charge in [-0.15, -0.1) is 0 Å². The van der Waals surface area contributed by atoms with Crippen molar-refractivity contribution in [1.82, 2.24) is 25.2 Å². The molecule has 9 nitrogen and oxygen atoms in total. The summed E-state index contributed by atoms with van der Waals surface area (Å²) in [6.45, 7) is 5.77. The SMILES string of the molecule is CC(C)(C)N(C(=O)O)C1CCC(C(=O)NC2CCC[C@@H](Nc3ncc(Cl)c(-c4c[nH]c5ccccc45)n3)C2)CC1. The average molecular weight is 567 g/mol. The van der Waals surface area contributed by atoms with Crippen LogP contribution in [-0.2, 0) is 4.79 Å². The number of rotatable bonds is 6. The lowest BCUT2D eigenvalue weighted by Crippen LogP contribution is -2.53. The quantitative estimate of drug-likeness (QED) is 0.272. The van der Waals surface area contributed by atoms with E-state index in [-0.39, 0.29) is 30.0 Å². The molecule has 2 amide bonds. The minimum atomic E-state index is -0.889. The number of nitrogens with one attached hydrogen (secondary N) is 3. The predicted octanol–water partition coefficient (Wildman–Crippen LogP) is 6.45. The highest BCUT2D eigenvalue weighted by Crippen LogP contribution is 2.34. The summed E-state index contributed by atoms with van der Waals surface area (Å²) < 4.78 is 0. The van der Waals surface area contributed by atoms with E-state index in [9.17, 15) is 14.7 Å². The summed E-state index contributed by atoms with van der Waals surface area (Å²) >= 11 is 6.50. The van der Waals surface area contributed by atoms with Gasteiger partial charge in [-0.05, 0) is 78.2 Å². The first-order valence-corrected chi connectivity index (χ1v) is 14.7. The number of aromatic nitrogens is 3. The third kappa shape index (κ3) is 6.19. The van der Waals surface area contributed by atoms with E-state index in [1.807, 2.05) is 51.2 Å². The molecule has 2 saturated carbocycles. The maximum absolute atomic E-state index is 13.2. The number of para-hydroxylation sites is 1. The van der Waals surface area contributed by atoms with Crippen molar-refractivity contribution in [1.29, 1.82) is 0 Å². The van der Waals surface area contributed by atoms with Gasteiger partial charge in [0.2, 0.25) is 11.9 Å². The van der Waals surface area contributed by atoms with Crippen LogP contribution in [0.25, 0.3) is 22.2 Å². The Hall–Kier alpha value is -3.33. The van der Waals surface area contributed by atoms with Crippen LogP contribution in [0.15, 0.2) is 36.7 Å². The van der Waals surface area contributed by atoms with Crippen molar-refractivity contribution < 1.29 is 14.7 Å². The summed E-state index contributed by atoms with van der Waals surface area (Å²) in [5.41, 5.74) is 2.18. The van der Waals surface area contributed by atoms with Crippen LogP contribution < -0.4 is 10.6 Å². The molecule has 10 heteroatoms. The molecule has 2 aliphatic rings. The fourth-order valence-corrected chi connectivity index (χ4v) is 6.63. The number of carbonyl (C=O) groups excluding carboxylic acids is 1.